The summed E-state index contributed by atoms with van der Waals surface area (Å²) in [7, 11) is 0. The number of benzene rings is 1. The molecule has 7 nitrogen and oxygen atoms in total. The topological polar surface area (TPSA) is 75.9 Å². The van der Waals surface area contributed by atoms with Crippen LogP contribution in [0, 0.1) is 25.6 Å². The van der Waals surface area contributed by atoms with E-state index >= 15 is 0 Å². The van der Waals surface area contributed by atoms with Gasteiger partial charge in [0.1, 0.15) is 5.82 Å². The molecule has 0 atom stereocenters. The molecule has 29 heavy (non-hydrogen) atoms. The summed E-state index contributed by atoms with van der Waals surface area (Å²) in [5.41, 5.74) is 2.43. The Balaban J connectivity index is 1.35. The van der Waals surface area contributed by atoms with Crippen LogP contribution < -0.4 is 10.2 Å². The number of aromatic nitrogens is 4. The van der Waals surface area contributed by atoms with Gasteiger partial charge in [-0.2, -0.15) is 5.10 Å². The van der Waals surface area contributed by atoms with Crippen LogP contribution in [0.3, 0.4) is 0 Å². The van der Waals surface area contributed by atoms with Crippen LogP contribution in [0.5, 0.6) is 0 Å². The maximum absolute atomic E-state index is 13.3. The van der Waals surface area contributed by atoms with E-state index in [0.717, 1.165) is 30.3 Å². The zero-order valence-electron chi connectivity index (χ0n) is 16.5. The van der Waals surface area contributed by atoms with Crippen LogP contribution >= 0.6 is 0 Å². The molecule has 0 unspecified atom stereocenters. The van der Waals surface area contributed by atoms with Crippen LogP contribution in [0.1, 0.15) is 24.2 Å². The molecule has 150 valence electrons. The van der Waals surface area contributed by atoms with Gasteiger partial charge in [-0.25, -0.2) is 9.07 Å². The molecule has 3 heterocycles. The maximum atomic E-state index is 13.3. The molecule has 4 rings (SSSR count). The summed E-state index contributed by atoms with van der Waals surface area (Å²) >= 11 is 0. The summed E-state index contributed by atoms with van der Waals surface area (Å²) in [6, 6.07) is 11.8. The van der Waals surface area contributed by atoms with Crippen LogP contribution in [0.15, 0.2) is 42.5 Å². The lowest BCUT2D eigenvalue weighted by Gasteiger charge is -2.31. The number of hydrogen-bond acceptors (Lipinski definition) is 5. The number of nitrogens with zero attached hydrogens (tertiary/aromatic N) is 5. The molecule has 0 spiro atoms. The van der Waals surface area contributed by atoms with Crippen molar-refractivity contribution >= 4 is 17.4 Å². The van der Waals surface area contributed by atoms with Gasteiger partial charge in [0.15, 0.2) is 11.6 Å². The number of carbonyl (C=O) groups is 1. The zero-order valence-corrected chi connectivity index (χ0v) is 16.5. The molecular formula is C21H23FN6O. The third-order valence-corrected chi connectivity index (χ3v) is 5.14. The van der Waals surface area contributed by atoms with Gasteiger partial charge in [-0.15, -0.1) is 10.2 Å². The van der Waals surface area contributed by atoms with E-state index in [-0.39, 0.29) is 17.6 Å². The van der Waals surface area contributed by atoms with Crippen molar-refractivity contribution in [2.75, 3.05) is 23.3 Å². The normalized spacial score (nSPS) is 14.8. The highest BCUT2D eigenvalue weighted by atomic mass is 19.1. The third kappa shape index (κ3) is 4.26. The lowest BCUT2D eigenvalue weighted by molar-refractivity contribution is -0.120. The summed E-state index contributed by atoms with van der Waals surface area (Å²) in [4.78, 5) is 14.6. The van der Waals surface area contributed by atoms with Gasteiger partial charge in [0.2, 0.25) is 5.91 Å². The van der Waals surface area contributed by atoms with Crippen LogP contribution in [0.4, 0.5) is 15.9 Å². The van der Waals surface area contributed by atoms with Crippen molar-refractivity contribution in [3.05, 3.63) is 59.7 Å². The molecule has 1 fully saturated rings. The molecule has 0 saturated carbocycles. The van der Waals surface area contributed by atoms with Gasteiger partial charge in [0.25, 0.3) is 0 Å². The highest BCUT2D eigenvalue weighted by Gasteiger charge is 2.26. The van der Waals surface area contributed by atoms with E-state index in [1.54, 1.807) is 16.8 Å². The molecule has 1 N–H and O–H groups in total. The summed E-state index contributed by atoms with van der Waals surface area (Å²) < 4.78 is 15.1. The van der Waals surface area contributed by atoms with Crippen molar-refractivity contribution in [1.29, 1.82) is 0 Å². The van der Waals surface area contributed by atoms with E-state index in [1.807, 2.05) is 32.0 Å². The van der Waals surface area contributed by atoms with E-state index in [4.69, 9.17) is 0 Å². The Morgan fingerprint density at radius 3 is 2.41 bits per heavy atom. The largest absolute Gasteiger partial charge is 0.355 e. The Morgan fingerprint density at radius 1 is 1.07 bits per heavy atom. The lowest BCUT2D eigenvalue weighted by atomic mass is 9.96. The minimum Gasteiger partial charge on any atom is -0.355 e. The number of hydrogen-bond donors (Lipinski definition) is 1. The first-order valence-electron chi connectivity index (χ1n) is 9.68. The highest BCUT2D eigenvalue weighted by molar-refractivity contribution is 5.92. The average molecular weight is 394 g/mol. The summed E-state index contributed by atoms with van der Waals surface area (Å²) in [6.07, 6.45) is 1.42. The summed E-state index contributed by atoms with van der Waals surface area (Å²) in [5.74, 6) is 0.945. The Bertz CT molecular complexity index is 1010. The van der Waals surface area contributed by atoms with Crippen molar-refractivity contribution in [2.45, 2.75) is 26.7 Å². The molecule has 1 aliphatic heterocycles. The van der Waals surface area contributed by atoms with Gasteiger partial charge >= 0.3 is 0 Å². The quantitative estimate of drug-likeness (QED) is 0.735. The second-order valence-electron chi connectivity index (χ2n) is 7.35. The number of aryl methyl sites for hydroxylation is 2. The first-order chi connectivity index (χ1) is 14.0. The Hall–Kier alpha value is -3.29. The molecule has 1 saturated heterocycles. The van der Waals surface area contributed by atoms with Gasteiger partial charge in [-0.05, 0) is 63.1 Å². The van der Waals surface area contributed by atoms with Gasteiger partial charge in [-0.3, -0.25) is 4.79 Å². The average Bonchev–Trinajstić information content (AvgIpc) is 3.06. The Labute approximate surface area is 168 Å². The second-order valence-corrected chi connectivity index (χ2v) is 7.35. The number of nitrogens with one attached hydrogen (secondary N) is 1. The van der Waals surface area contributed by atoms with E-state index in [9.17, 15) is 9.18 Å². The first-order valence-corrected chi connectivity index (χ1v) is 9.68. The minimum absolute atomic E-state index is 0.0683. The van der Waals surface area contributed by atoms with Gasteiger partial charge in [0.05, 0.1) is 5.69 Å². The molecule has 0 aliphatic carbocycles. The Kier molecular flexibility index (Phi) is 5.24. The van der Waals surface area contributed by atoms with Crippen LogP contribution in [0.2, 0.25) is 0 Å². The lowest BCUT2D eigenvalue weighted by Crippen LogP contribution is -2.38. The number of carbonyl (C=O) groups excluding carboxylic acids is 1. The number of amides is 1. The maximum Gasteiger partial charge on any atom is 0.227 e. The SMILES string of the molecule is Cc1cc(C)n(-c2ccc(N3CCC(C(=O)Nc4cccc(F)c4)CC3)nn2)n1. The van der Waals surface area contributed by atoms with E-state index in [2.05, 4.69) is 25.5 Å². The van der Waals surface area contributed by atoms with Crippen molar-refractivity contribution in [3.8, 4) is 5.82 Å². The van der Waals surface area contributed by atoms with Crippen LogP contribution in [-0.2, 0) is 4.79 Å². The summed E-state index contributed by atoms with van der Waals surface area (Å²) in [5, 5.41) is 15.9. The fraction of sp³-hybridized carbons (Fsp3) is 0.333. The highest BCUT2D eigenvalue weighted by Crippen LogP contribution is 2.23. The van der Waals surface area contributed by atoms with Gasteiger partial charge < -0.3 is 10.2 Å². The smallest absolute Gasteiger partial charge is 0.227 e. The second kappa shape index (κ2) is 7.98. The molecule has 1 aliphatic rings. The fourth-order valence-corrected chi connectivity index (χ4v) is 3.64. The number of anilines is 2. The van der Waals surface area contributed by atoms with Crippen LogP contribution in [-0.4, -0.2) is 39.0 Å². The number of halogens is 1. The van der Waals surface area contributed by atoms with Crippen molar-refractivity contribution in [2.24, 2.45) is 5.92 Å². The van der Waals surface area contributed by atoms with E-state index in [1.165, 1.54) is 12.1 Å². The third-order valence-electron chi connectivity index (χ3n) is 5.14. The molecule has 1 amide bonds. The van der Waals surface area contributed by atoms with E-state index < -0.39 is 0 Å². The molecule has 0 bridgehead atoms. The molecule has 8 heteroatoms. The molecule has 0 radical (unpaired) electrons. The molecular weight excluding hydrogens is 371 g/mol. The minimum atomic E-state index is -0.361. The van der Waals surface area contributed by atoms with Crippen molar-refractivity contribution in [1.82, 2.24) is 20.0 Å². The zero-order chi connectivity index (χ0) is 20.4. The number of piperidine rings is 1. The molecule has 3 aromatic rings. The van der Waals surface area contributed by atoms with Crippen LogP contribution in [0.25, 0.3) is 5.82 Å². The number of rotatable bonds is 4. The van der Waals surface area contributed by atoms with Gasteiger partial charge in [0, 0.05) is 30.4 Å². The van der Waals surface area contributed by atoms with E-state index in [0.29, 0.717) is 24.3 Å². The standard InChI is InChI=1S/C21H23FN6O/c1-14-12-15(2)28(26-14)20-7-6-19(24-25-20)27-10-8-16(9-11-27)21(29)23-18-5-3-4-17(22)13-18/h3-7,12-13,16H,8-11H2,1-2H3,(H,23,29). The first kappa shape index (κ1) is 19.0. The summed E-state index contributed by atoms with van der Waals surface area (Å²) in [6.45, 7) is 5.36. The Morgan fingerprint density at radius 2 is 1.79 bits per heavy atom. The predicted molar refractivity (Wildman–Crippen MR) is 109 cm³/mol. The monoisotopic (exact) mass is 394 g/mol. The predicted octanol–water partition coefficient (Wildman–Crippen LogP) is 3.27. The molecule has 1 aromatic carbocycles. The van der Waals surface area contributed by atoms with Crippen molar-refractivity contribution in [3.63, 3.8) is 0 Å². The van der Waals surface area contributed by atoms with Gasteiger partial charge in [-0.1, -0.05) is 6.07 Å². The van der Waals surface area contributed by atoms with Crippen molar-refractivity contribution < 1.29 is 9.18 Å². The molecule has 2 aromatic heterocycles. The fourth-order valence-electron chi connectivity index (χ4n) is 3.64.